The van der Waals surface area contributed by atoms with Gasteiger partial charge in [-0.15, -0.1) is 10.2 Å². The Morgan fingerprint density at radius 2 is 1.84 bits per heavy atom. The van der Waals surface area contributed by atoms with Gasteiger partial charge in [-0.1, -0.05) is 56.8 Å². The Hall–Kier alpha value is -2.35. The first-order chi connectivity index (χ1) is 15.3. The predicted octanol–water partition coefficient (Wildman–Crippen LogP) is 4.30. The zero-order valence-corrected chi connectivity index (χ0v) is 20.6. The van der Waals surface area contributed by atoms with Gasteiger partial charge in [0.05, 0.1) is 12.4 Å². The van der Waals surface area contributed by atoms with E-state index in [1.54, 1.807) is 11.8 Å². The van der Waals surface area contributed by atoms with E-state index in [-0.39, 0.29) is 23.0 Å². The van der Waals surface area contributed by atoms with E-state index in [4.69, 9.17) is 4.74 Å². The molecule has 0 aliphatic carbocycles. The first-order valence-electron chi connectivity index (χ1n) is 11.4. The molecule has 1 saturated heterocycles. The molecule has 7 nitrogen and oxygen atoms in total. The van der Waals surface area contributed by atoms with E-state index < -0.39 is 6.04 Å². The first kappa shape index (κ1) is 24.3. The number of thioether (sulfide) groups is 1. The molecule has 32 heavy (non-hydrogen) atoms. The second-order valence-electron chi connectivity index (χ2n) is 9.02. The number of amides is 1. The largest absolute Gasteiger partial charge is 0.464 e. The molecule has 2 heterocycles. The van der Waals surface area contributed by atoms with Gasteiger partial charge in [-0.05, 0) is 44.1 Å². The number of carbonyl (C=O) groups excluding carboxylic acids is 2. The molecule has 2 aromatic rings. The maximum atomic E-state index is 12.9. The number of hydrogen-bond acceptors (Lipinski definition) is 6. The van der Waals surface area contributed by atoms with Crippen molar-refractivity contribution >= 4 is 23.6 Å². The number of hydrogen-bond donors (Lipinski definition) is 0. The molecule has 0 saturated carbocycles. The fourth-order valence-corrected chi connectivity index (χ4v) is 4.82. The Bertz CT molecular complexity index is 934. The monoisotopic (exact) mass is 458 g/mol. The minimum atomic E-state index is -0.474. The van der Waals surface area contributed by atoms with Crippen LogP contribution in [0.2, 0.25) is 0 Å². The second-order valence-corrected chi connectivity index (χ2v) is 9.96. The van der Waals surface area contributed by atoms with E-state index in [9.17, 15) is 9.59 Å². The highest BCUT2D eigenvalue weighted by atomic mass is 32.2. The molecule has 1 aliphatic heterocycles. The minimum absolute atomic E-state index is 0.0607. The zero-order valence-electron chi connectivity index (χ0n) is 19.8. The zero-order chi connectivity index (χ0) is 23.3. The van der Waals surface area contributed by atoms with Crippen molar-refractivity contribution in [1.82, 2.24) is 19.7 Å². The van der Waals surface area contributed by atoms with Crippen molar-refractivity contribution in [3.05, 3.63) is 29.8 Å². The number of ether oxygens (including phenoxy) is 1. The van der Waals surface area contributed by atoms with Crippen LogP contribution in [0.4, 0.5) is 0 Å². The topological polar surface area (TPSA) is 77.3 Å². The third kappa shape index (κ3) is 5.52. The lowest BCUT2D eigenvalue weighted by molar-refractivity contribution is -0.155. The highest BCUT2D eigenvalue weighted by Gasteiger charge is 2.33. The van der Waals surface area contributed by atoms with E-state index in [2.05, 4.69) is 55.2 Å². The van der Waals surface area contributed by atoms with Crippen molar-refractivity contribution < 1.29 is 14.3 Å². The average molecular weight is 459 g/mol. The summed E-state index contributed by atoms with van der Waals surface area (Å²) in [6.07, 6.45) is 2.50. The van der Waals surface area contributed by atoms with Gasteiger partial charge in [0.25, 0.3) is 0 Å². The van der Waals surface area contributed by atoms with E-state index in [1.807, 2.05) is 11.5 Å². The van der Waals surface area contributed by atoms with Crippen LogP contribution in [0.15, 0.2) is 29.4 Å². The number of esters is 1. The molecule has 1 amide bonds. The van der Waals surface area contributed by atoms with Crippen LogP contribution < -0.4 is 0 Å². The third-order valence-electron chi connectivity index (χ3n) is 5.75. The summed E-state index contributed by atoms with van der Waals surface area (Å²) in [6, 6.07) is 7.94. The minimum Gasteiger partial charge on any atom is -0.464 e. The van der Waals surface area contributed by atoms with Gasteiger partial charge in [0, 0.05) is 18.7 Å². The highest BCUT2D eigenvalue weighted by Crippen LogP contribution is 2.28. The second kappa shape index (κ2) is 10.5. The molecule has 1 aromatic heterocycles. The number of nitrogens with zero attached hydrogens (tertiary/aromatic N) is 4. The Morgan fingerprint density at radius 3 is 2.47 bits per heavy atom. The lowest BCUT2D eigenvalue weighted by atomic mass is 9.87. The number of benzene rings is 1. The van der Waals surface area contributed by atoms with Crippen molar-refractivity contribution in [2.75, 3.05) is 18.9 Å². The van der Waals surface area contributed by atoms with Gasteiger partial charge >= 0.3 is 5.97 Å². The van der Waals surface area contributed by atoms with Gasteiger partial charge in [-0.25, -0.2) is 4.79 Å². The number of aromatic nitrogens is 3. The van der Waals surface area contributed by atoms with Crippen LogP contribution in [0, 0.1) is 0 Å². The maximum Gasteiger partial charge on any atom is 0.328 e. The standard InChI is InChI=1S/C24H34N4O3S/c1-6-27-21(17-11-13-18(14-12-17)24(3,4)5)25-26-23(27)32-16-20(29)28-15-9-8-10-19(28)22(30)31-7-2/h11-14,19H,6-10,15-16H2,1-5H3/t19-/m0/s1. The summed E-state index contributed by atoms with van der Waals surface area (Å²) < 4.78 is 7.21. The Kier molecular flexibility index (Phi) is 7.98. The molecular formula is C24H34N4O3S. The molecular weight excluding hydrogens is 424 g/mol. The summed E-state index contributed by atoms with van der Waals surface area (Å²) >= 11 is 1.37. The quantitative estimate of drug-likeness (QED) is 0.455. The number of piperidine rings is 1. The predicted molar refractivity (Wildman–Crippen MR) is 127 cm³/mol. The number of likely N-dealkylation sites (tertiary alicyclic amines) is 1. The molecule has 1 aromatic carbocycles. The fourth-order valence-electron chi connectivity index (χ4n) is 3.94. The first-order valence-corrected chi connectivity index (χ1v) is 12.4. The van der Waals surface area contributed by atoms with Crippen LogP contribution in [0.1, 0.15) is 59.4 Å². The van der Waals surface area contributed by atoms with E-state index in [1.165, 1.54) is 17.3 Å². The summed E-state index contributed by atoms with van der Waals surface area (Å²) in [5.74, 6) is 0.653. The molecule has 174 valence electrons. The van der Waals surface area contributed by atoms with Crippen LogP contribution >= 0.6 is 11.8 Å². The van der Waals surface area contributed by atoms with Gasteiger partial charge in [0.1, 0.15) is 6.04 Å². The normalized spacial score (nSPS) is 16.8. The SMILES string of the molecule is CCOC(=O)[C@@H]1CCCCN1C(=O)CSc1nnc(-c2ccc(C(C)(C)C)cc2)n1CC. The van der Waals surface area contributed by atoms with Crippen LogP contribution in [0.25, 0.3) is 11.4 Å². The average Bonchev–Trinajstić information content (AvgIpc) is 3.20. The lowest BCUT2D eigenvalue weighted by Crippen LogP contribution is -2.49. The molecule has 1 aliphatic rings. The summed E-state index contributed by atoms with van der Waals surface area (Å²) in [5, 5.41) is 9.46. The van der Waals surface area contributed by atoms with E-state index in [0.29, 0.717) is 31.3 Å². The molecule has 0 unspecified atom stereocenters. The Labute approximate surface area is 194 Å². The third-order valence-corrected chi connectivity index (χ3v) is 6.70. The van der Waals surface area contributed by atoms with E-state index >= 15 is 0 Å². The van der Waals surface area contributed by atoms with Crippen LogP contribution in [0.3, 0.4) is 0 Å². The molecule has 0 bridgehead atoms. The summed E-state index contributed by atoms with van der Waals surface area (Å²) in [7, 11) is 0. The van der Waals surface area contributed by atoms with Crippen LogP contribution in [-0.4, -0.2) is 56.5 Å². The molecule has 8 heteroatoms. The van der Waals surface area contributed by atoms with Gasteiger partial charge in [-0.2, -0.15) is 0 Å². The molecule has 0 N–H and O–H groups in total. The summed E-state index contributed by atoms with van der Waals surface area (Å²) in [6.45, 7) is 12.0. The Morgan fingerprint density at radius 1 is 1.12 bits per heavy atom. The van der Waals surface area contributed by atoms with E-state index in [0.717, 1.165) is 24.2 Å². The van der Waals surface area contributed by atoms with Crippen LogP contribution in [-0.2, 0) is 26.3 Å². The maximum absolute atomic E-state index is 12.9. The van der Waals surface area contributed by atoms with Crippen molar-refractivity contribution in [3.63, 3.8) is 0 Å². The number of carbonyl (C=O) groups is 2. The van der Waals surface area contributed by atoms with Gasteiger partial charge < -0.3 is 14.2 Å². The molecule has 0 spiro atoms. The van der Waals surface area contributed by atoms with Gasteiger partial charge in [-0.3, -0.25) is 4.79 Å². The molecule has 3 rings (SSSR count). The smallest absolute Gasteiger partial charge is 0.328 e. The molecule has 0 radical (unpaired) electrons. The highest BCUT2D eigenvalue weighted by molar-refractivity contribution is 7.99. The Balaban J connectivity index is 1.71. The number of rotatable bonds is 7. The lowest BCUT2D eigenvalue weighted by Gasteiger charge is -2.33. The summed E-state index contributed by atoms with van der Waals surface area (Å²) in [5.41, 5.74) is 2.36. The van der Waals surface area contributed by atoms with Gasteiger partial charge in [0.2, 0.25) is 5.91 Å². The fraction of sp³-hybridized carbons (Fsp3) is 0.583. The van der Waals surface area contributed by atoms with Crippen LogP contribution in [0.5, 0.6) is 0 Å². The van der Waals surface area contributed by atoms with Crippen molar-refractivity contribution in [2.45, 2.75) is 77.0 Å². The molecule has 1 atom stereocenters. The van der Waals surface area contributed by atoms with Crippen molar-refractivity contribution in [2.24, 2.45) is 0 Å². The van der Waals surface area contributed by atoms with Crippen molar-refractivity contribution in [1.29, 1.82) is 0 Å². The van der Waals surface area contributed by atoms with Gasteiger partial charge in [0.15, 0.2) is 11.0 Å². The van der Waals surface area contributed by atoms with Crippen molar-refractivity contribution in [3.8, 4) is 11.4 Å². The summed E-state index contributed by atoms with van der Waals surface area (Å²) in [4.78, 5) is 26.9. The molecule has 1 fully saturated rings.